The number of ether oxygens (including phenoxy) is 1. The van der Waals surface area contributed by atoms with E-state index in [9.17, 15) is 0 Å². The monoisotopic (exact) mass is 225 g/mol. The van der Waals surface area contributed by atoms with Crippen LogP contribution in [-0.4, -0.2) is 12.6 Å². The topological polar surface area (TPSA) is 35.2 Å². The van der Waals surface area contributed by atoms with Gasteiger partial charge in [-0.2, -0.15) is 0 Å². The van der Waals surface area contributed by atoms with Crippen molar-refractivity contribution < 1.29 is 4.74 Å². The average Bonchev–Trinajstić information content (AvgIpc) is 2.23. The maximum Gasteiger partial charge on any atom is 0.124 e. The minimum atomic E-state index is -0.0278. The first-order valence-electron chi connectivity index (χ1n) is 4.95. The summed E-state index contributed by atoms with van der Waals surface area (Å²) in [5.74, 6) is 0.792. The molecular formula is C12H16ClNO. The molecule has 1 aromatic rings. The largest absolute Gasteiger partial charge is 0.486 e. The van der Waals surface area contributed by atoms with E-state index in [0.29, 0.717) is 11.6 Å². The van der Waals surface area contributed by atoms with Crippen LogP contribution in [0, 0.1) is 0 Å². The highest BCUT2D eigenvalue weighted by atomic mass is 35.5. The lowest BCUT2D eigenvalue weighted by atomic mass is 10.1. The zero-order valence-electron chi connectivity index (χ0n) is 8.87. The van der Waals surface area contributed by atoms with Crippen molar-refractivity contribution in [2.45, 2.75) is 19.4 Å². The van der Waals surface area contributed by atoms with Gasteiger partial charge in [-0.3, -0.25) is 0 Å². The number of rotatable bonds is 5. The van der Waals surface area contributed by atoms with Crippen LogP contribution in [0.4, 0.5) is 0 Å². The molecule has 0 spiro atoms. The maximum absolute atomic E-state index is 6.07. The Morgan fingerprint density at radius 1 is 1.60 bits per heavy atom. The summed E-state index contributed by atoms with van der Waals surface area (Å²) in [6, 6.07) is 5.61. The van der Waals surface area contributed by atoms with Crippen LogP contribution in [0.2, 0.25) is 5.02 Å². The Morgan fingerprint density at radius 3 is 2.93 bits per heavy atom. The molecule has 1 atom stereocenters. The average molecular weight is 226 g/mol. The molecule has 0 amide bonds. The van der Waals surface area contributed by atoms with Gasteiger partial charge in [0.05, 0.1) is 0 Å². The van der Waals surface area contributed by atoms with Crippen molar-refractivity contribution in [2.24, 2.45) is 5.73 Å². The van der Waals surface area contributed by atoms with E-state index in [-0.39, 0.29) is 6.10 Å². The molecule has 0 fully saturated rings. The van der Waals surface area contributed by atoms with Gasteiger partial charge >= 0.3 is 0 Å². The second-order valence-electron chi connectivity index (χ2n) is 3.31. The van der Waals surface area contributed by atoms with E-state index in [1.807, 2.05) is 25.1 Å². The lowest BCUT2D eigenvalue weighted by Crippen LogP contribution is -2.11. The van der Waals surface area contributed by atoms with E-state index in [1.54, 1.807) is 6.08 Å². The van der Waals surface area contributed by atoms with Gasteiger partial charge in [0.15, 0.2) is 0 Å². The molecule has 0 aliphatic rings. The highest BCUT2D eigenvalue weighted by Gasteiger charge is 2.08. The fraction of sp³-hybridized carbons (Fsp3) is 0.333. The van der Waals surface area contributed by atoms with Gasteiger partial charge in [0.25, 0.3) is 0 Å². The quantitative estimate of drug-likeness (QED) is 0.783. The first-order chi connectivity index (χ1) is 7.19. The molecule has 15 heavy (non-hydrogen) atoms. The van der Waals surface area contributed by atoms with Crippen LogP contribution in [0.25, 0.3) is 0 Å². The first kappa shape index (κ1) is 12.1. The summed E-state index contributed by atoms with van der Waals surface area (Å²) in [7, 11) is 0. The summed E-state index contributed by atoms with van der Waals surface area (Å²) < 4.78 is 5.67. The minimum absolute atomic E-state index is 0.0278. The Hall–Kier alpha value is -0.990. The van der Waals surface area contributed by atoms with Crippen LogP contribution in [-0.2, 0) is 6.42 Å². The zero-order valence-corrected chi connectivity index (χ0v) is 9.63. The lowest BCUT2D eigenvalue weighted by molar-refractivity contribution is 0.267. The molecular weight excluding hydrogens is 210 g/mol. The van der Waals surface area contributed by atoms with Crippen molar-refractivity contribution in [3.63, 3.8) is 0 Å². The van der Waals surface area contributed by atoms with E-state index in [1.165, 1.54) is 0 Å². The van der Waals surface area contributed by atoms with Crippen LogP contribution >= 0.6 is 11.6 Å². The summed E-state index contributed by atoms with van der Waals surface area (Å²) in [4.78, 5) is 0. The summed E-state index contributed by atoms with van der Waals surface area (Å²) >= 11 is 6.07. The van der Waals surface area contributed by atoms with Crippen LogP contribution in [0.15, 0.2) is 30.9 Å². The number of halogens is 1. The molecule has 0 saturated heterocycles. The standard InChI is InChI=1S/C12H16ClNO/c1-3-9(2)15-12-6-4-5-11(13)10(12)7-8-14/h3-6,9H,1,7-8,14H2,2H3. The fourth-order valence-electron chi connectivity index (χ4n) is 1.28. The van der Waals surface area contributed by atoms with Gasteiger partial charge in [-0.15, -0.1) is 0 Å². The molecule has 1 rings (SSSR count). The molecule has 0 heterocycles. The molecule has 0 aliphatic carbocycles. The van der Waals surface area contributed by atoms with E-state index in [2.05, 4.69) is 6.58 Å². The van der Waals surface area contributed by atoms with Crippen LogP contribution in [0.5, 0.6) is 5.75 Å². The second kappa shape index (κ2) is 5.79. The van der Waals surface area contributed by atoms with Gasteiger partial charge in [-0.1, -0.05) is 30.3 Å². The summed E-state index contributed by atoms with van der Waals surface area (Å²) in [5.41, 5.74) is 6.50. The molecule has 1 aromatic carbocycles. The minimum Gasteiger partial charge on any atom is -0.486 e. The van der Waals surface area contributed by atoms with E-state index in [4.69, 9.17) is 22.1 Å². The molecule has 0 saturated carbocycles. The SMILES string of the molecule is C=CC(C)Oc1cccc(Cl)c1CCN. The van der Waals surface area contributed by atoms with E-state index < -0.39 is 0 Å². The van der Waals surface area contributed by atoms with Gasteiger partial charge in [0.1, 0.15) is 11.9 Å². The zero-order chi connectivity index (χ0) is 11.3. The van der Waals surface area contributed by atoms with Crippen molar-refractivity contribution in [1.82, 2.24) is 0 Å². The molecule has 0 aromatic heterocycles. The summed E-state index contributed by atoms with van der Waals surface area (Å²) in [6.45, 7) is 6.16. The lowest BCUT2D eigenvalue weighted by Gasteiger charge is -2.15. The molecule has 1 unspecified atom stereocenters. The molecule has 0 bridgehead atoms. The number of hydrogen-bond donors (Lipinski definition) is 1. The molecule has 0 radical (unpaired) electrons. The van der Waals surface area contributed by atoms with Gasteiger partial charge in [-0.05, 0) is 32.0 Å². The normalized spacial score (nSPS) is 12.2. The smallest absolute Gasteiger partial charge is 0.124 e. The van der Waals surface area contributed by atoms with Crippen molar-refractivity contribution in [1.29, 1.82) is 0 Å². The third-order valence-electron chi connectivity index (χ3n) is 2.11. The van der Waals surface area contributed by atoms with Gasteiger partial charge in [-0.25, -0.2) is 0 Å². The Labute approximate surface area is 95.7 Å². The van der Waals surface area contributed by atoms with Crippen LogP contribution < -0.4 is 10.5 Å². The van der Waals surface area contributed by atoms with Crippen LogP contribution in [0.3, 0.4) is 0 Å². The molecule has 2 nitrogen and oxygen atoms in total. The maximum atomic E-state index is 6.07. The second-order valence-corrected chi connectivity index (χ2v) is 3.72. The number of nitrogens with two attached hydrogens (primary N) is 1. The van der Waals surface area contributed by atoms with Crippen molar-refractivity contribution in [3.05, 3.63) is 41.4 Å². The van der Waals surface area contributed by atoms with Crippen LogP contribution in [0.1, 0.15) is 12.5 Å². The Bertz CT molecular complexity index is 338. The molecule has 3 heteroatoms. The predicted molar refractivity (Wildman–Crippen MR) is 64.5 cm³/mol. The number of hydrogen-bond acceptors (Lipinski definition) is 2. The molecule has 82 valence electrons. The highest BCUT2D eigenvalue weighted by molar-refractivity contribution is 6.31. The third-order valence-corrected chi connectivity index (χ3v) is 2.47. The Balaban J connectivity index is 2.94. The number of benzene rings is 1. The third kappa shape index (κ3) is 3.26. The van der Waals surface area contributed by atoms with Crippen molar-refractivity contribution >= 4 is 11.6 Å². The Kier molecular flexibility index (Phi) is 4.66. The highest BCUT2D eigenvalue weighted by Crippen LogP contribution is 2.27. The van der Waals surface area contributed by atoms with E-state index >= 15 is 0 Å². The summed E-state index contributed by atoms with van der Waals surface area (Å²) in [6.07, 6.45) is 2.44. The van der Waals surface area contributed by atoms with Crippen molar-refractivity contribution in [3.8, 4) is 5.75 Å². The van der Waals surface area contributed by atoms with E-state index in [0.717, 1.165) is 17.7 Å². The molecule has 2 N–H and O–H groups in total. The van der Waals surface area contributed by atoms with Crippen molar-refractivity contribution in [2.75, 3.05) is 6.54 Å². The van der Waals surface area contributed by atoms with Gasteiger partial charge in [0, 0.05) is 10.6 Å². The molecule has 0 aliphatic heterocycles. The summed E-state index contributed by atoms with van der Waals surface area (Å²) in [5, 5.41) is 0.703. The van der Waals surface area contributed by atoms with Gasteiger partial charge < -0.3 is 10.5 Å². The Morgan fingerprint density at radius 2 is 2.33 bits per heavy atom. The first-order valence-corrected chi connectivity index (χ1v) is 5.33. The predicted octanol–water partition coefficient (Wildman–Crippen LogP) is 2.79. The fourth-order valence-corrected chi connectivity index (χ4v) is 1.54. The van der Waals surface area contributed by atoms with Gasteiger partial charge in [0.2, 0.25) is 0 Å².